The molecule has 0 saturated heterocycles. The van der Waals surface area contributed by atoms with E-state index in [2.05, 4.69) is 26.2 Å². The van der Waals surface area contributed by atoms with E-state index >= 15 is 0 Å². The van der Waals surface area contributed by atoms with Gasteiger partial charge in [-0.05, 0) is 28.1 Å². The highest BCUT2D eigenvalue weighted by Gasteiger charge is 2.07. The van der Waals surface area contributed by atoms with Gasteiger partial charge in [0, 0.05) is 4.47 Å². The fourth-order valence-electron chi connectivity index (χ4n) is 0.793. The zero-order valence-electron chi connectivity index (χ0n) is 6.50. The van der Waals surface area contributed by atoms with Gasteiger partial charge in [-0.15, -0.1) is 0 Å². The highest BCUT2D eigenvalue weighted by atomic mass is 79.9. The van der Waals surface area contributed by atoms with Gasteiger partial charge < -0.3 is 0 Å². The molecule has 0 bridgehead atoms. The number of hydrogen-bond donors (Lipinski definition) is 1. The summed E-state index contributed by atoms with van der Waals surface area (Å²) in [4.78, 5) is 15.7. The average Bonchev–Trinajstić information content (AvgIpc) is 2.05. The normalized spacial score (nSPS) is 9.50. The minimum atomic E-state index is -0.259. The molecule has 1 aromatic rings. The SMILES string of the molecule is CONC(=O)c1ccccc1Br. The van der Waals surface area contributed by atoms with Crippen molar-refractivity contribution in [2.75, 3.05) is 7.11 Å². The summed E-state index contributed by atoms with van der Waals surface area (Å²) in [5.41, 5.74) is 2.79. The molecule has 1 aromatic carbocycles. The molecule has 0 saturated carbocycles. The molecule has 4 heteroatoms. The van der Waals surface area contributed by atoms with Crippen molar-refractivity contribution in [3.63, 3.8) is 0 Å². The molecule has 0 fully saturated rings. The smallest absolute Gasteiger partial charge is 0.275 e. The van der Waals surface area contributed by atoms with Crippen molar-refractivity contribution < 1.29 is 9.63 Å². The van der Waals surface area contributed by atoms with Gasteiger partial charge in [0.05, 0.1) is 12.7 Å². The largest absolute Gasteiger partial charge is 0.277 e. The van der Waals surface area contributed by atoms with Crippen molar-refractivity contribution in [2.45, 2.75) is 0 Å². The Kier molecular flexibility index (Phi) is 3.25. The molecular weight excluding hydrogens is 222 g/mol. The summed E-state index contributed by atoms with van der Waals surface area (Å²) in [6.07, 6.45) is 0. The van der Waals surface area contributed by atoms with Crippen LogP contribution in [0.25, 0.3) is 0 Å². The molecule has 3 nitrogen and oxygen atoms in total. The molecule has 0 spiro atoms. The number of rotatable bonds is 2. The highest BCUT2D eigenvalue weighted by Crippen LogP contribution is 2.15. The third-order valence-electron chi connectivity index (χ3n) is 1.31. The minimum Gasteiger partial charge on any atom is -0.277 e. The average molecular weight is 230 g/mol. The van der Waals surface area contributed by atoms with E-state index in [-0.39, 0.29) is 5.91 Å². The van der Waals surface area contributed by atoms with Gasteiger partial charge in [0.15, 0.2) is 0 Å². The van der Waals surface area contributed by atoms with Crippen molar-refractivity contribution in [1.29, 1.82) is 0 Å². The summed E-state index contributed by atoms with van der Waals surface area (Å²) in [6, 6.07) is 7.13. The molecule has 0 aliphatic heterocycles. The Bertz CT molecular complexity index is 288. The molecule has 1 rings (SSSR count). The van der Waals surface area contributed by atoms with Crippen LogP contribution in [0.3, 0.4) is 0 Å². The monoisotopic (exact) mass is 229 g/mol. The van der Waals surface area contributed by atoms with Gasteiger partial charge >= 0.3 is 0 Å². The Balaban J connectivity index is 2.87. The van der Waals surface area contributed by atoms with E-state index in [0.29, 0.717) is 5.56 Å². The van der Waals surface area contributed by atoms with E-state index in [1.165, 1.54) is 7.11 Å². The lowest BCUT2D eigenvalue weighted by molar-refractivity contribution is 0.0537. The van der Waals surface area contributed by atoms with Crippen molar-refractivity contribution in [3.05, 3.63) is 34.3 Å². The number of hydroxylamine groups is 1. The molecule has 0 aliphatic carbocycles. The summed E-state index contributed by atoms with van der Waals surface area (Å²) in [7, 11) is 1.40. The van der Waals surface area contributed by atoms with Crippen LogP contribution in [-0.4, -0.2) is 13.0 Å². The number of hydrogen-bond acceptors (Lipinski definition) is 2. The molecule has 64 valence electrons. The molecule has 0 atom stereocenters. The molecule has 12 heavy (non-hydrogen) atoms. The first-order valence-electron chi connectivity index (χ1n) is 3.33. The van der Waals surface area contributed by atoms with Crippen LogP contribution in [-0.2, 0) is 4.84 Å². The van der Waals surface area contributed by atoms with E-state index in [0.717, 1.165) is 4.47 Å². The summed E-state index contributed by atoms with van der Waals surface area (Å²) in [6.45, 7) is 0. The second-order valence-electron chi connectivity index (χ2n) is 2.12. The topological polar surface area (TPSA) is 38.3 Å². The van der Waals surface area contributed by atoms with Gasteiger partial charge in [0.2, 0.25) is 0 Å². The number of carbonyl (C=O) groups excluding carboxylic acids is 1. The van der Waals surface area contributed by atoms with Crippen LogP contribution < -0.4 is 5.48 Å². The van der Waals surface area contributed by atoms with Crippen LogP contribution in [0.2, 0.25) is 0 Å². The van der Waals surface area contributed by atoms with E-state index in [1.807, 2.05) is 6.07 Å². The Labute approximate surface area is 78.8 Å². The van der Waals surface area contributed by atoms with Crippen LogP contribution in [0.4, 0.5) is 0 Å². The first kappa shape index (κ1) is 9.22. The van der Waals surface area contributed by atoms with Gasteiger partial charge in [0.25, 0.3) is 5.91 Å². The van der Waals surface area contributed by atoms with Crippen molar-refractivity contribution >= 4 is 21.8 Å². The standard InChI is InChI=1S/C8H8BrNO2/c1-12-10-8(11)6-4-2-3-5-7(6)9/h2-5H,1H3,(H,10,11). The lowest BCUT2D eigenvalue weighted by atomic mass is 10.2. The third kappa shape index (κ3) is 2.06. The van der Waals surface area contributed by atoms with E-state index < -0.39 is 0 Å². The predicted molar refractivity (Wildman–Crippen MR) is 48.6 cm³/mol. The van der Waals surface area contributed by atoms with Crippen molar-refractivity contribution in [3.8, 4) is 0 Å². The van der Waals surface area contributed by atoms with Gasteiger partial charge in [-0.2, -0.15) is 0 Å². The Morgan fingerprint density at radius 1 is 1.50 bits per heavy atom. The van der Waals surface area contributed by atoms with E-state index in [9.17, 15) is 4.79 Å². The predicted octanol–water partition coefficient (Wildman–Crippen LogP) is 1.74. The molecule has 1 N–H and O–H groups in total. The fourth-order valence-corrected chi connectivity index (χ4v) is 1.26. The number of carbonyl (C=O) groups is 1. The van der Waals surface area contributed by atoms with Gasteiger partial charge in [-0.1, -0.05) is 12.1 Å². The maximum Gasteiger partial charge on any atom is 0.275 e. The highest BCUT2D eigenvalue weighted by molar-refractivity contribution is 9.10. The van der Waals surface area contributed by atoms with Crippen LogP contribution in [0, 0.1) is 0 Å². The number of halogens is 1. The van der Waals surface area contributed by atoms with Crippen LogP contribution >= 0.6 is 15.9 Å². The number of amides is 1. The summed E-state index contributed by atoms with van der Waals surface area (Å²) >= 11 is 3.25. The second-order valence-corrected chi connectivity index (χ2v) is 2.97. The zero-order chi connectivity index (χ0) is 8.97. The summed E-state index contributed by atoms with van der Waals surface area (Å²) < 4.78 is 0.750. The van der Waals surface area contributed by atoms with Gasteiger partial charge in [-0.3, -0.25) is 9.63 Å². The van der Waals surface area contributed by atoms with Gasteiger partial charge in [-0.25, -0.2) is 5.48 Å². The molecule has 0 heterocycles. The Morgan fingerprint density at radius 2 is 2.17 bits per heavy atom. The van der Waals surface area contributed by atoms with Crippen LogP contribution in [0.1, 0.15) is 10.4 Å². The lowest BCUT2D eigenvalue weighted by Gasteiger charge is -2.02. The number of nitrogens with one attached hydrogen (secondary N) is 1. The lowest BCUT2D eigenvalue weighted by Crippen LogP contribution is -2.21. The Hall–Kier alpha value is -0.870. The second kappa shape index (κ2) is 4.23. The molecule has 0 aliphatic rings. The summed E-state index contributed by atoms with van der Waals surface area (Å²) in [5, 5.41) is 0. The Morgan fingerprint density at radius 3 is 2.75 bits per heavy atom. The van der Waals surface area contributed by atoms with E-state index in [4.69, 9.17) is 0 Å². The maximum absolute atomic E-state index is 11.2. The number of benzene rings is 1. The van der Waals surface area contributed by atoms with Crippen molar-refractivity contribution in [1.82, 2.24) is 5.48 Å². The molecule has 0 radical (unpaired) electrons. The molecule has 0 unspecified atom stereocenters. The van der Waals surface area contributed by atoms with Crippen molar-refractivity contribution in [2.24, 2.45) is 0 Å². The quantitative estimate of drug-likeness (QED) is 0.786. The minimum absolute atomic E-state index is 0.259. The summed E-state index contributed by atoms with van der Waals surface area (Å²) in [5.74, 6) is -0.259. The zero-order valence-corrected chi connectivity index (χ0v) is 8.09. The first-order chi connectivity index (χ1) is 5.75. The van der Waals surface area contributed by atoms with E-state index in [1.54, 1.807) is 18.2 Å². The third-order valence-corrected chi connectivity index (χ3v) is 2.00. The molecule has 0 aromatic heterocycles. The molecule has 1 amide bonds. The van der Waals surface area contributed by atoms with Gasteiger partial charge in [0.1, 0.15) is 0 Å². The van der Waals surface area contributed by atoms with Crippen LogP contribution in [0.5, 0.6) is 0 Å². The first-order valence-corrected chi connectivity index (χ1v) is 4.13. The fraction of sp³-hybridized carbons (Fsp3) is 0.125. The molecular formula is C8H8BrNO2. The maximum atomic E-state index is 11.2. The van der Waals surface area contributed by atoms with Crippen LogP contribution in [0.15, 0.2) is 28.7 Å².